The zero-order valence-corrected chi connectivity index (χ0v) is 31.2. The van der Waals surface area contributed by atoms with Gasteiger partial charge in [0.2, 0.25) is 0 Å². The van der Waals surface area contributed by atoms with Crippen molar-refractivity contribution in [2.24, 2.45) is 0 Å². The average Bonchev–Trinajstić information content (AvgIpc) is 3.77. The average molecular weight is 744 g/mol. The summed E-state index contributed by atoms with van der Waals surface area (Å²) in [6.45, 7) is 0. The molecule has 5 heteroatoms. The minimum absolute atomic E-state index is 0.666. The van der Waals surface area contributed by atoms with Gasteiger partial charge in [0, 0.05) is 52.8 Å². The van der Waals surface area contributed by atoms with Crippen molar-refractivity contribution < 1.29 is 4.42 Å². The molecule has 9 aromatic carbocycles. The van der Waals surface area contributed by atoms with Gasteiger partial charge in [0.15, 0.2) is 11.4 Å². The van der Waals surface area contributed by atoms with Crippen molar-refractivity contribution in [3.8, 4) is 39.5 Å². The summed E-state index contributed by atoms with van der Waals surface area (Å²) in [4.78, 5) is 10.6. The van der Waals surface area contributed by atoms with Crippen molar-refractivity contribution >= 4 is 96.9 Å². The summed E-state index contributed by atoms with van der Waals surface area (Å²) in [5.74, 6) is 0.666. The van der Waals surface area contributed by atoms with E-state index in [9.17, 15) is 0 Å². The monoisotopic (exact) mass is 743 g/mol. The Bertz CT molecular complexity index is 3640. The van der Waals surface area contributed by atoms with Gasteiger partial charge in [-0.1, -0.05) is 127 Å². The standard InChI is InChI=1S/C52H29N3OS/c1-2-10-30(11-3-1)31-20-22-34(23-21-31)49-51-50(38-16-6-7-17-42(38)56-51)54-52(53-49)37-26-29-39(36-15-5-4-14-35(36)37)55-40-27-24-32-12-8-18-43-45(32)47(40)48-41(55)28-25-33-13-9-19-44(57-43)46(33)48/h1-29H. The van der Waals surface area contributed by atoms with Crippen molar-refractivity contribution in [1.82, 2.24) is 14.5 Å². The maximum Gasteiger partial charge on any atom is 0.180 e. The molecule has 0 amide bonds. The molecule has 0 unspecified atom stereocenters. The molecule has 0 saturated heterocycles. The van der Waals surface area contributed by atoms with Gasteiger partial charge >= 0.3 is 0 Å². The number of para-hydroxylation sites is 1. The molecule has 0 aliphatic rings. The van der Waals surface area contributed by atoms with Crippen LogP contribution in [0.1, 0.15) is 0 Å². The van der Waals surface area contributed by atoms with E-state index in [1.807, 2.05) is 35.6 Å². The van der Waals surface area contributed by atoms with Crippen LogP contribution in [-0.2, 0) is 0 Å². The number of benzene rings is 9. The number of hydrogen-bond acceptors (Lipinski definition) is 4. The Hall–Kier alpha value is -7.34. The third-order valence-electron chi connectivity index (χ3n) is 11.8. The first kappa shape index (κ1) is 30.9. The van der Waals surface area contributed by atoms with Crippen LogP contribution in [0.15, 0.2) is 180 Å². The van der Waals surface area contributed by atoms with E-state index >= 15 is 0 Å². The second-order valence-electron chi connectivity index (χ2n) is 14.9. The smallest absolute Gasteiger partial charge is 0.180 e. The third kappa shape index (κ3) is 4.37. The zero-order valence-electron chi connectivity index (χ0n) is 30.4. The topological polar surface area (TPSA) is 43.9 Å². The number of rotatable bonds is 4. The second kappa shape index (κ2) is 11.6. The maximum atomic E-state index is 6.52. The van der Waals surface area contributed by atoms with E-state index in [0.717, 1.165) is 55.3 Å². The molecule has 13 rings (SSSR count). The Labute approximate surface area is 329 Å². The highest BCUT2D eigenvalue weighted by atomic mass is 32.1. The molecule has 0 bridgehead atoms. The van der Waals surface area contributed by atoms with Crippen LogP contribution in [0.2, 0.25) is 0 Å². The Morgan fingerprint density at radius 3 is 1.77 bits per heavy atom. The van der Waals surface area contributed by atoms with Crippen LogP contribution < -0.4 is 0 Å². The van der Waals surface area contributed by atoms with Gasteiger partial charge in [-0.2, -0.15) is 0 Å². The van der Waals surface area contributed by atoms with E-state index in [-0.39, 0.29) is 0 Å². The lowest BCUT2D eigenvalue weighted by Crippen LogP contribution is -1.99. The summed E-state index contributed by atoms with van der Waals surface area (Å²) in [6, 6.07) is 63.0. The van der Waals surface area contributed by atoms with Gasteiger partial charge in [-0.15, -0.1) is 11.3 Å². The lowest BCUT2D eigenvalue weighted by molar-refractivity contribution is 0.667. The zero-order chi connectivity index (χ0) is 37.2. The van der Waals surface area contributed by atoms with Crippen molar-refractivity contribution in [2.45, 2.75) is 0 Å². The van der Waals surface area contributed by atoms with Crippen LogP contribution in [-0.4, -0.2) is 14.5 Å². The lowest BCUT2D eigenvalue weighted by atomic mass is 10.00. The van der Waals surface area contributed by atoms with Crippen molar-refractivity contribution in [1.29, 1.82) is 0 Å². The first-order valence-electron chi connectivity index (χ1n) is 19.2. The third-order valence-corrected chi connectivity index (χ3v) is 12.9. The Morgan fingerprint density at radius 1 is 0.439 bits per heavy atom. The highest BCUT2D eigenvalue weighted by Gasteiger charge is 2.24. The fourth-order valence-corrected chi connectivity index (χ4v) is 10.4. The Kier molecular flexibility index (Phi) is 6.29. The van der Waals surface area contributed by atoms with Crippen LogP contribution >= 0.6 is 11.3 Å². The molecule has 4 heterocycles. The summed E-state index contributed by atoms with van der Waals surface area (Å²) in [5.41, 5.74) is 10.9. The lowest BCUT2D eigenvalue weighted by Gasteiger charge is -2.15. The van der Waals surface area contributed by atoms with Gasteiger partial charge in [0.1, 0.15) is 16.8 Å². The number of hydrogen-bond donors (Lipinski definition) is 0. The van der Waals surface area contributed by atoms with Crippen molar-refractivity contribution in [2.75, 3.05) is 0 Å². The number of furan rings is 1. The summed E-state index contributed by atoms with van der Waals surface area (Å²) < 4.78 is 11.6. The molecule has 264 valence electrons. The Morgan fingerprint density at radius 2 is 1.05 bits per heavy atom. The largest absolute Gasteiger partial charge is 0.452 e. The van der Waals surface area contributed by atoms with Crippen LogP contribution in [0, 0.1) is 0 Å². The summed E-state index contributed by atoms with van der Waals surface area (Å²) >= 11 is 1.89. The minimum atomic E-state index is 0.666. The predicted molar refractivity (Wildman–Crippen MR) is 239 cm³/mol. The molecule has 0 fully saturated rings. The first-order valence-corrected chi connectivity index (χ1v) is 20.1. The van der Waals surface area contributed by atoms with E-state index in [1.165, 1.54) is 58.3 Å². The molecule has 0 radical (unpaired) electrons. The number of fused-ring (bicyclic) bond motifs is 4. The van der Waals surface area contributed by atoms with Gasteiger partial charge in [0.25, 0.3) is 0 Å². The molecule has 57 heavy (non-hydrogen) atoms. The molecule has 13 aromatic rings. The molecule has 4 aromatic heterocycles. The highest BCUT2D eigenvalue weighted by Crippen LogP contribution is 2.47. The maximum absolute atomic E-state index is 6.52. The van der Waals surface area contributed by atoms with Gasteiger partial charge in [-0.3, -0.25) is 0 Å². The Balaban J connectivity index is 1.07. The summed E-state index contributed by atoms with van der Waals surface area (Å²) in [6.07, 6.45) is 0. The molecule has 0 saturated carbocycles. The normalized spacial score (nSPS) is 12.2. The second-order valence-corrected chi connectivity index (χ2v) is 15.9. The van der Waals surface area contributed by atoms with Crippen LogP contribution in [0.4, 0.5) is 0 Å². The van der Waals surface area contributed by atoms with Gasteiger partial charge in [-0.25, -0.2) is 9.97 Å². The molecule has 0 spiro atoms. The van der Waals surface area contributed by atoms with E-state index < -0.39 is 0 Å². The van der Waals surface area contributed by atoms with Gasteiger partial charge in [0.05, 0.1) is 16.7 Å². The molecular weight excluding hydrogens is 715 g/mol. The van der Waals surface area contributed by atoms with Crippen molar-refractivity contribution in [3.05, 3.63) is 176 Å². The molecule has 0 atom stereocenters. The number of aromatic nitrogens is 3. The first-order chi connectivity index (χ1) is 28.3. The van der Waals surface area contributed by atoms with Crippen LogP contribution in [0.3, 0.4) is 0 Å². The fraction of sp³-hybridized carbons (Fsp3) is 0. The summed E-state index contributed by atoms with van der Waals surface area (Å²) in [7, 11) is 0. The van der Waals surface area contributed by atoms with Crippen molar-refractivity contribution in [3.63, 3.8) is 0 Å². The van der Waals surface area contributed by atoms with Gasteiger partial charge < -0.3 is 8.98 Å². The predicted octanol–water partition coefficient (Wildman–Crippen LogP) is 14.6. The molecule has 0 N–H and O–H groups in total. The van der Waals surface area contributed by atoms with E-state index in [0.29, 0.717) is 11.4 Å². The molecule has 0 aliphatic heterocycles. The van der Waals surface area contributed by atoms with Gasteiger partial charge in [-0.05, 0) is 75.8 Å². The SMILES string of the molecule is c1ccc(-c2ccc(-c3nc(-c4ccc(-n5c6ccc7cccc8sc9cccc%10ccc5c(c%109)c6c78)c5ccccc45)nc4c3oc3ccccc34)cc2)cc1. The molecular formula is C52H29N3OS. The van der Waals surface area contributed by atoms with E-state index in [1.54, 1.807) is 0 Å². The molecule has 0 aliphatic carbocycles. The van der Waals surface area contributed by atoms with Crippen LogP contribution in [0.25, 0.3) is 125 Å². The molecule has 4 nitrogen and oxygen atoms in total. The van der Waals surface area contributed by atoms with Crippen LogP contribution in [0.5, 0.6) is 0 Å². The number of nitrogens with zero attached hydrogens (tertiary/aromatic N) is 3. The minimum Gasteiger partial charge on any atom is -0.452 e. The quantitative estimate of drug-likeness (QED) is 0.180. The van der Waals surface area contributed by atoms with E-state index in [4.69, 9.17) is 14.4 Å². The fourth-order valence-electron chi connectivity index (χ4n) is 9.26. The van der Waals surface area contributed by atoms with E-state index in [2.05, 4.69) is 156 Å². The highest BCUT2D eigenvalue weighted by molar-refractivity contribution is 7.24. The summed E-state index contributed by atoms with van der Waals surface area (Å²) in [5, 5.41) is 11.0.